The molecule has 1 amide bonds. The summed E-state index contributed by atoms with van der Waals surface area (Å²) in [5, 5.41) is 7.55. The van der Waals surface area contributed by atoms with Crippen LogP contribution in [-0.4, -0.2) is 47.0 Å². The molecule has 1 spiro atoms. The van der Waals surface area contributed by atoms with Crippen molar-refractivity contribution in [2.45, 2.75) is 85.4 Å². The summed E-state index contributed by atoms with van der Waals surface area (Å²) in [5.74, 6) is 2.55. The van der Waals surface area contributed by atoms with Crippen molar-refractivity contribution in [2.75, 3.05) is 24.4 Å². The summed E-state index contributed by atoms with van der Waals surface area (Å²) in [6.45, 7) is 17.2. The highest BCUT2D eigenvalue weighted by molar-refractivity contribution is 8.04. The molecule has 1 aromatic heterocycles. The number of allylic oxidation sites excluding steroid dienone is 4. The summed E-state index contributed by atoms with van der Waals surface area (Å²) in [6, 6.07) is 6.43. The van der Waals surface area contributed by atoms with Gasteiger partial charge in [-0.25, -0.2) is 0 Å². The summed E-state index contributed by atoms with van der Waals surface area (Å²) in [7, 11) is 0. The Hall–Kier alpha value is -3.14. The van der Waals surface area contributed by atoms with E-state index in [4.69, 9.17) is 14.3 Å². The lowest BCUT2D eigenvalue weighted by molar-refractivity contribution is -0.132. The van der Waals surface area contributed by atoms with E-state index in [0.717, 1.165) is 83.0 Å². The van der Waals surface area contributed by atoms with Crippen LogP contribution in [0.1, 0.15) is 80.9 Å². The number of aliphatic imine (C=N–C) groups is 1. The van der Waals surface area contributed by atoms with Gasteiger partial charge in [0.15, 0.2) is 11.4 Å². The van der Waals surface area contributed by atoms with Crippen LogP contribution in [0.5, 0.6) is 0 Å². The molecule has 1 unspecified atom stereocenters. The lowest BCUT2D eigenvalue weighted by Crippen LogP contribution is -2.51. The van der Waals surface area contributed by atoms with Crippen molar-refractivity contribution in [1.29, 1.82) is 0 Å². The highest BCUT2D eigenvalue weighted by atomic mass is 32.2. The first kappa shape index (κ1) is 31.8. The zero-order valence-corrected chi connectivity index (χ0v) is 26.5. The Labute approximate surface area is 254 Å². The van der Waals surface area contributed by atoms with Crippen LogP contribution in [-0.2, 0) is 22.7 Å². The number of carbonyl (C=O) groups excluding carboxylic acids is 1. The lowest BCUT2D eigenvalue weighted by Gasteiger charge is -2.30. The van der Waals surface area contributed by atoms with Gasteiger partial charge in [0.2, 0.25) is 0 Å². The normalized spacial score (nSPS) is 19.5. The summed E-state index contributed by atoms with van der Waals surface area (Å²) >= 11 is 1.49. The van der Waals surface area contributed by atoms with Crippen molar-refractivity contribution < 1.29 is 14.1 Å². The molecule has 2 aliphatic rings. The van der Waals surface area contributed by atoms with Crippen LogP contribution in [0.4, 0.5) is 5.82 Å². The molecular weight excluding hydrogens is 546 g/mol. The second kappa shape index (κ2) is 14.8. The summed E-state index contributed by atoms with van der Waals surface area (Å²) in [5.41, 5.74) is 4.54. The highest BCUT2D eigenvalue weighted by Crippen LogP contribution is 2.37. The molecule has 0 radical (unpaired) electrons. The van der Waals surface area contributed by atoms with E-state index in [2.05, 4.69) is 53.0 Å². The molecule has 8 nitrogen and oxygen atoms in total. The number of anilines is 1. The SMILES string of the molecule is C=C/C=C(\C(=C/C)SNc1noc(C)c1C)c1ccc(CN2C(=O)C3(CCCNC3)N=C2CCCC)cc1COCC. The van der Waals surface area contributed by atoms with Crippen LogP contribution in [0.25, 0.3) is 5.57 Å². The van der Waals surface area contributed by atoms with Crippen molar-refractivity contribution in [2.24, 2.45) is 4.99 Å². The largest absolute Gasteiger partial charge is 0.377 e. The Morgan fingerprint density at radius 3 is 2.81 bits per heavy atom. The predicted octanol–water partition coefficient (Wildman–Crippen LogP) is 7.11. The Bertz CT molecular complexity index is 1350. The number of ether oxygens (including phenoxy) is 1. The van der Waals surface area contributed by atoms with Gasteiger partial charge in [0.1, 0.15) is 11.6 Å². The number of hydrogen-bond acceptors (Lipinski definition) is 8. The van der Waals surface area contributed by atoms with Crippen LogP contribution in [0.3, 0.4) is 0 Å². The van der Waals surface area contributed by atoms with Crippen molar-refractivity contribution in [3.63, 3.8) is 0 Å². The van der Waals surface area contributed by atoms with Gasteiger partial charge < -0.3 is 19.3 Å². The van der Waals surface area contributed by atoms with Crippen LogP contribution in [0.15, 0.2) is 57.4 Å². The molecule has 226 valence electrons. The van der Waals surface area contributed by atoms with Gasteiger partial charge in [0.25, 0.3) is 5.91 Å². The molecule has 9 heteroatoms. The van der Waals surface area contributed by atoms with E-state index in [1.54, 1.807) is 6.08 Å². The fraction of sp³-hybridized carbons (Fsp3) is 0.485. The van der Waals surface area contributed by atoms with Crippen LogP contribution >= 0.6 is 11.9 Å². The van der Waals surface area contributed by atoms with E-state index >= 15 is 0 Å². The van der Waals surface area contributed by atoms with Crippen molar-refractivity contribution >= 4 is 35.1 Å². The second-order valence-corrected chi connectivity index (χ2v) is 11.7. The molecule has 0 saturated carbocycles. The zero-order valence-electron chi connectivity index (χ0n) is 25.7. The van der Waals surface area contributed by atoms with E-state index in [0.29, 0.717) is 32.1 Å². The number of aryl methyl sites for hydroxylation is 1. The molecule has 3 heterocycles. The number of rotatable bonds is 14. The average Bonchev–Trinajstić information content (AvgIpc) is 3.45. The van der Waals surface area contributed by atoms with Gasteiger partial charge in [0.05, 0.1) is 13.2 Å². The van der Waals surface area contributed by atoms with Gasteiger partial charge in [-0.15, -0.1) is 0 Å². The molecule has 42 heavy (non-hydrogen) atoms. The highest BCUT2D eigenvalue weighted by Gasteiger charge is 2.48. The maximum Gasteiger partial charge on any atom is 0.257 e. The van der Waals surface area contributed by atoms with Crippen LogP contribution in [0, 0.1) is 13.8 Å². The molecule has 1 aromatic carbocycles. The topological polar surface area (TPSA) is 92.0 Å². The number of piperidine rings is 1. The maximum absolute atomic E-state index is 13.8. The molecule has 2 N–H and O–H groups in total. The summed E-state index contributed by atoms with van der Waals surface area (Å²) < 4.78 is 14.6. The van der Waals surface area contributed by atoms with E-state index in [-0.39, 0.29) is 5.91 Å². The number of amides is 1. The first-order valence-electron chi connectivity index (χ1n) is 15.0. The molecule has 1 saturated heterocycles. The Morgan fingerprint density at radius 1 is 1.33 bits per heavy atom. The fourth-order valence-corrected chi connectivity index (χ4v) is 6.21. The molecule has 0 bridgehead atoms. The monoisotopic (exact) mass is 591 g/mol. The van der Waals surface area contributed by atoms with Crippen LogP contribution < -0.4 is 10.0 Å². The van der Waals surface area contributed by atoms with E-state index in [1.165, 1.54) is 11.9 Å². The van der Waals surface area contributed by atoms with Gasteiger partial charge in [-0.3, -0.25) is 14.7 Å². The number of hydrogen-bond donors (Lipinski definition) is 2. The number of amidine groups is 1. The third kappa shape index (κ3) is 7.07. The fourth-order valence-electron chi connectivity index (χ4n) is 5.41. The minimum Gasteiger partial charge on any atom is -0.377 e. The Kier molecular flexibility index (Phi) is 11.2. The first-order valence-corrected chi connectivity index (χ1v) is 15.9. The third-order valence-corrected chi connectivity index (χ3v) is 8.87. The zero-order chi connectivity index (χ0) is 30.1. The Balaban J connectivity index is 1.62. The lowest BCUT2D eigenvalue weighted by atomic mass is 9.90. The smallest absolute Gasteiger partial charge is 0.257 e. The van der Waals surface area contributed by atoms with Gasteiger partial charge in [-0.05, 0) is 87.7 Å². The number of nitrogens with one attached hydrogen (secondary N) is 2. The molecule has 1 fully saturated rings. The second-order valence-electron chi connectivity index (χ2n) is 10.8. The number of carbonyl (C=O) groups is 1. The molecule has 1 atom stereocenters. The van der Waals surface area contributed by atoms with E-state index in [9.17, 15) is 4.79 Å². The minimum atomic E-state index is -0.652. The number of benzene rings is 1. The van der Waals surface area contributed by atoms with Gasteiger partial charge in [0, 0.05) is 30.0 Å². The van der Waals surface area contributed by atoms with Crippen molar-refractivity contribution in [1.82, 2.24) is 15.4 Å². The van der Waals surface area contributed by atoms with Crippen molar-refractivity contribution in [3.8, 4) is 0 Å². The van der Waals surface area contributed by atoms with Gasteiger partial charge in [-0.2, -0.15) is 0 Å². The average molecular weight is 592 g/mol. The van der Waals surface area contributed by atoms with E-state index in [1.807, 2.05) is 38.7 Å². The molecule has 0 aliphatic carbocycles. The quantitative estimate of drug-likeness (QED) is 0.179. The third-order valence-electron chi connectivity index (χ3n) is 7.90. The van der Waals surface area contributed by atoms with E-state index < -0.39 is 5.54 Å². The predicted molar refractivity (Wildman–Crippen MR) is 173 cm³/mol. The first-order chi connectivity index (χ1) is 20.4. The molecular formula is C33H45N5O3S. The minimum absolute atomic E-state index is 0.126. The number of unbranched alkanes of at least 4 members (excludes halogenated alkanes) is 1. The molecule has 2 aromatic rings. The standard InChI is InChI=1S/C33H45N5O3S/c1-7-11-14-30-35-33(17-12-18-34-22-33)32(39)38(30)20-25-15-16-27(26(19-25)21-40-10-4)28(13-8-2)29(9-3)42-37-31-23(5)24(6)41-36-31/h8-9,13,15-16,19,34H,2,7,10-12,14,17-18,20-22H2,1,3-6H3,(H,36,37)/b28-13-,29-9+. The van der Waals surface area contributed by atoms with Gasteiger partial charge >= 0.3 is 0 Å². The molecule has 4 rings (SSSR count). The summed E-state index contributed by atoms with van der Waals surface area (Å²) in [6.07, 6.45) is 10.6. The van der Waals surface area contributed by atoms with Crippen molar-refractivity contribution in [3.05, 3.63) is 75.9 Å². The van der Waals surface area contributed by atoms with Crippen LogP contribution in [0.2, 0.25) is 0 Å². The van der Waals surface area contributed by atoms with Gasteiger partial charge in [-0.1, -0.05) is 61.5 Å². The number of aromatic nitrogens is 1. The number of nitrogens with zero attached hydrogens (tertiary/aromatic N) is 3. The molecule has 2 aliphatic heterocycles. The maximum atomic E-state index is 13.8. The summed E-state index contributed by atoms with van der Waals surface area (Å²) in [4.78, 5) is 21.8. The Morgan fingerprint density at radius 2 is 2.17 bits per heavy atom.